The molecule has 0 unspecified atom stereocenters. The molecule has 7 nitrogen and oxygen atoms in total. The molecule has 30 heavy (non-hydrogen) atoms. The van der Waals surface area contributed by atoms with Crippen molar-refractivity contribution in [2.45, 2.75) is 13.1 Å². The average Bonchev–Trinajstić information content (AvgIpc) is 2.73. The topological polar surface area (TPSA) is 109 Å². The van der Waals surface area contributed by atoms with Gasteiger partial charge in [0.15, 0.2) is 0 Å². The van der Waals surface area contributed by atoms with Crippen LogP contribution in [0.25, 0.3) is 10.9 Å². The molecule has 3 N–H and O–H groups in total. The van der Waals surface area contributed by atoms with Crippen molar-refractivity contribution >= 4 is 34.4 Å². The van der Waals surface area contributed by atoms with Crippen LogP contribution in [0.1, 0.15) is 21.5 Å². The summed E-state index contributed by atoms with van der Waals surface area (Å²) in [7, 11) is 0. The molecule has 3 rings (SSSR count). The van der Waals surface area contributed by atoms with Gasteiger partial charge in [0.25, 0.3) is 5.91 Å². The SMILES string of the molecule is O=C(O)Cn1cc(C(=O)NCc2ccc(Cl)cc2)c(=O)c2cc(C#CCO)ccc21. The van der Waals surface area contributed by atoms with E-state index in [9.17, 15) is 19.5 Å². The molecule has 0 aliphatic carbocycles. The number of aromatic nitrogens is 1. The van der Waals surface area contributed by atoms with Crippen molar-refractivity contribution in [3.63, 3.8) is 0 Å². The molecule has 152 valence electrons. The fraction of sp³-hybridized carbons (Fsp3) is 0.136. The number of hydrogen-bond donors (Lipinski definition) is 3. The van der Waals surface area contributed by atoms with Gasteiger partial charge in [0.1, 0.15) is 18.7 Å². The number of rotatable bonds is 5. The Hall–Kier alpha value is -3.60. The Morgan fingerprint density at radius 3 is 2.53 bits per heavy atom. The second-order valence-electron chi connectivity index (χ2n) is 6.39. The van der Waals surface area contributed by atoms with Crippen LogP contribution >= 0.6 is 11.6 Å². The first-order valence-corrected chi connectivity index (χ1v) is 9.28. The number of benzene rings is 2. The maximum atomic E-state index is 13.0. The Kier molecular flexibility index (Phi) is 6.52. The summed E-state index contributed by atoms with van der Waals surface area (Å²) in [6, 6.07) is 11.5. The molecule has 8 heteroatoms. The van der Waals surface area contributed by atoms with Crippen LogP contribution in [0, 0.1) is 11.8 Å². The Morgan fingerprint density at radius 1 is 1.13 bits per heavy atom. The smallest absolute Gasteiger partial charge is 0.323 e. The molecule has 0 fully saturated rings. The van der Waals surface area contributed by atoms with Crippen molar-refractivity contribution in [1.82, 2.24) is 9.88 Å². The number of hydrogen-bond acceptors (Lipinski definition) is 4. The lowest BCUT2D eigenvalue weighted by Crippen LogP contribution is -2.30. The molecule has 0 aliphatic heterocycles. The first-order chi connectivity index (χ1) is 14.4. The van der Waals surface area contributed by atoms with Gasteiger partial charge < -0.3 is 20.1 Å². The highest BCUT2D eigenvalue weighted by Gasteiger charge is 2.17. The average molecular weight is 425 g/mol. The number of aliphatic hydroxyl groups excluding tert-OH is 1. The van der Waals surface area contributed by atoms with E-state index in [4.69, 9.17) is 16.7 Å². The number of fused-ring (bicyclic) bond motifs is 1. The van der Waals surface area contributed by atoms with E-state index in [2.05, 4.69) is 17.2 Å². The third-order valence-corrected chi connectivity index (χ3v) is 4.56. The number of pyridine rings is 1. The molecule has 1 heterocycles. The molecule has 2 aromatic carbocycles. The summed E-state index contributed by atoms with van der Waals surface area (Å²) < 4.78 is 1.33. The molecule has 3 aromatic rings. The monoisotopic (exact) mass is 424 g/mol. The molecule has 0 radical (unpaired) electrons. The van der Waals surface area contributed by atoms with Gasteiger partial charge in [0.05, 0.1) is 5.52 Å². The van der Waals surface area contributed by atoms with Crippen molar-refractivity contribution in [2.75, 3.05) is 6.61 Å². The summed E-state index contributed by atoms with van der Waals surface area (Å²) in [4.78, 5) is 36.9. The normalized spacial score (nSPS) is 10.3. The van der Waals surface area contributed by atoms with Crippen LogP contribution in [0.15, 0.2) is 53.5 Å². The summed E-state index contributed by atoms with van der Waals surface area (Å²) in [5, 5.41) is 21.5. The van der Waals surface area contributed by atoms with Crippen molar-refractivity contribution in [3.8, 4) is 11.8 Å². The van der Waals surface area contributed by atoms with Crippen LogP contribution in [0.2, 0.25) is 5.02 Å². The van der Waals surface area contributed by atoms with Gasteiger partial charge >= 0.3 is 5.97 Å². The standard InChI is InChI=1S/C22H17ClN2O5/c23-16-6-3-15(4-7-16)11-24-22(30)18-12-25(13-20(27)28)19-8-5-14(2-1-9-26)10-17(19)21(18)29/h3-8,10,12,26H,9,11,13H2,(H,24,30)(H,27,28). The molecule has 0 spiro atoms. The number of aliphatic hydroxyl groups is 1. The Balaban J connectivity index is 2.02. The van der Waals surface area contributed by atoms with Gasteiger partial charge in [0.2, 0.25) is 5.43 Å². The van der Waals surface area contributed by atoms with Crippen LogP contribution in [0.4, 0.5) is 0 Å². The zero-order chi connectivity index (χ0) is 21.7. The van der Waals surface area contributed by atoms with E-state index in [1.54, 1.807) is 36.4 Å². The van der Waals surface area contributed by atoms with E-state index in [1.807, 2.05) is 0 Å². The first-order valence-electron chi connectivity index (χ1n) is 8.90. The minimum atomic E-state index is -1.11. The summed E-state index contributed by atoms with van der Waals surface area (Å²) in [6.07, 6.45) is 1.25. The maximum absolute atomic E-state index is 13.0. The van der Waals surface area contributed by atoms with E-state index >= 15 is 0 Å². The van der Waals surface area contributed by atoms with E-state index in [0.717, 1.165) is 5.56 Å². The predicted molar refractivity (Wildman–Crippen MR) is 112 cm³/mol. The predicted octanol–water partition coefficient (Wildman–Crippen LogP) is 2.01. The lowest BCUT2D eigenvalue weighted by molar-refractivity contribution is -0.137. The summed E-state index contributed by atoms with van der Waals surface area (Å²) in [5.41, 5.74) is 0.916. The summed E-state index contributed by atoms with van der Waals surface area (Å²) in [6.45, 7) is -0.585. The number of halogens is 1. The van der Waals surface area contributed by atoms with E-state index in [0.29, 0.717) is 16.1 Å². The number of carbonyl (C=O) groups is 2. The van der Waals surface area contributed by atoms with Gasteiger partial charge in [-0.25, -0.2) is 0 Å². The third-order valence-electron chi connectivity index (χ3n) is 4.31. The number of carbonyl (C=O) groups excluding carboxylic acids is 1. The van der Waals surface area contributed by atoms with Gasteiger partial charge in [-0.2, -0.15) is 0 Å². The molecule has 1 aromatic heterocycles. The number of carboxylic acids is 1. The van der Waals surface area contributed by atoms with Crippen molar-refractivity contribution < 1.29 is 19.8 Å². The van der Waals surface area contributed by atoms with Gasteiger partial charge in [0, 0.05) is 28.7 Å². The van der Waals surface area contributed by atoms with Gasteiger partial charge in [-0.3, -0.25) is 14.4 Å². The van der Waals surface area contributed by atoms with Crippen LogP contribution in [0.3, 0.4) is 0 Å². The minimum Gasteiger partial charge on any atom is -0.480 e. The molecule has 0 aliphatic rings. The quantitative estimate of drug-likeness (QED) is 0.543. The lowest BCUT2D eigenvalue weighted by atomic mass is 10.1. The molecule has 0 saturated carbocycles. The Bertz CT molecular complexity index is 1240. The van der Waals surface area contributed by atoms with Gasteiger partial charge in [-0.05, 0) is 35.9 Å². The lowest BCUT2D eigenvalue weighted by Gasteiger charge is -2.12. The molecule has 0 saturated heterocycles. The van der Waals surface area contributed by atoms with Crippen LogP contribution in [-0.4, -0.2) is 33.3 Å². The highest BCUT2D eigenvalue weighted by atomic mass is 35.5. The van der Waals surface area contributed by atoms with E-state index < -0.39 is 23.9 Å². The highest BCUT2D eigenvalue weighted by Crippen LogP contribution is 2.15. The van der Waals surface area contributed by atoms with Crippen LogP contribution in [0.5, 0.6) is 0 Å². The first kappa shape index (κ1) is 21.1. The maximum Gasteiger partial charge on any atom is 0.323 e. The number of nitrogens with zero attached hydrogens (tertiary/aromatic N) is 1. The van der Waals surface area contributed by atoms with Crippen LogP contribution in [-0.2, 0) is 17.9 Å². The fourth-order valence-electron chi connectivity index (χ4n) is 2.93. The van der Waals surface area contributed by atoms with Gasteiger partial charge in [-0.15, -0.1) is 0 Å². The van der Waals surface area contributed by atoms with Crippen LogP contribution < -0.4 is 10.7 Å². The number of aliphatic carboxylic acids is 1. The van der Waals surface area contributed by atoms with E-state index in [-0.39, 0.29) is 24.1 Å². The number of nitrogens with one attached hydrogen (secondary N) is 1. The largest absolute Gasteiger partial charge is 0.480 e. The van der Waals surface area contributed by atoms with Gasteiger partial charge in [-0.1, -0.05) is 35.6 Å². The third kappa shape index (κ3) is 4.87. The Labute approximate surface area is 176 Å². The van der Waals surface area contributed by atoms with Crippen molar-refractivity contribution in [2.24, 2.45) is 0 Å². The van der Waals surface area contributed by atoms with E-state index in [1.165, 1.54) is 16.8 Å². The molecule has 0 bridgehead atoms. The molecular weight excluding hydrogens is 408 g/mol. The second kappa shape index (κ2) is 9.27. The highest BCUT2D eigenvalue weighted by molar-refractivity contribution is 6.30. The Morgan fingerprint density at radius 2 is 1.87 bits per heavy atom. The second-order valence-corrected chi connectivity index (χ2v) is 6.83. The zero-order valence-electron chi connectivity index (χ0n) is 15.7. The summed E-state index contributed by atoms with van der Waals surface area (Å²) in [5.74, 6) is 3.45. The zero-order valence-corrected chi connectivity index (χ0v) is 16.4. The molecular formula is C22H17ClN2O5. The number of amides is 1. The van der Waals surface area contributed by atoms with Crippen molar-refractivity contribution in [3.05, 3.63) is 80.6 Å². The molecule has 0 atom stereocenters. The fourth-order valence-corrected chi connectivity index (χ4v) is 3.06. The number of carboxylic acid groups (broad SMARTS) is 1. The minimum absolute atomic E-state index is 0.167. The summed E-state index contributed by atoms with van der Waals surface area (Å²) >= 11 is 5.85. The molecule has 1 amide bonds. The van der Waals surface area contributed by atoms with Crippen molar-refractivity contribution in [1.29, 1.82) is 0 Å².